The lowest BCUT2D eigenvalue weighted by Gasteiger charge is -2.36. The van der Waals surface area contributed by atoms with Gasteiger partial charge in [0.05, 0.1) is 6.61 Å². The summed E-state index contributed by atoms with van der Waals surface area (Å²) in [6.45, 7) is 3.51. The van der Waals surface area contributed by atoms with Crippen molar-refractivity contribution in [1.29, 1.82) is 0 Å². The maximum atomic E-state index is 12.4. The smallest absolute Gasteiger partial charge is 0.430 e. The fourth-order valence-electron chi connectivity index (χ4n) is 2.87. The number of urea groups is 1. The number of nitrogens with zero attached hydrogens (tertiary/aromatic N) is 3. The second-order valence-corrected chi connectivity index (χ2v) is 6.27. The Hall–Kier alpha value is -2.36. The standard InChI is InChI=1S/C15H22N4O6/c1-10(12-17-11(18-25-12)3-8-22-2)16-13(20)19-6-4-15(5-7-19)9-23-14(21)24-15/h10H,3-9H2,1-2H3,(H,16,20)/t10-/m0/s1. The molecule has 138 valence electrons. The molecule has 2 aliphatic rings. The Balaban J connectivity index is 1.49. The van der Waals surface area contributed by atoms with E-state index in [4.69, 9.17) is 18.7 Å². The Morgan fingerprint density at radius 1 is 1.44 bits per heavy atom. The molecule has 0 unspecified atom stereocenters. The van der Waals surface area contributed by atoms with E-state index in [9.17, 15) is 9.59 Å². The van der Waals surface area contributed by atoms with Gasteiger partial charge in [0.15, 0.2) is 11.4 Å². The van der Waals surface area contributed by atoms with Gasteiger partial charge in [-0.15, -0.1) is 0 Å². The number of ether oxygens (including phenoxy) is 3. The number of nitrogens with one attached hydrogen (secondary N) is 1. The van der Waals surface area contributed by atoms with Crippen molar-refractivity contribution in [2.24, 2.45) is 0 Å². The van der Waals surface area contributed by atoms with Crippen LogP contribution in [0.3, 0.4) is 0 Å². The Morgan fingerprint density at radius 2 is 2.20 bits per heavy atom. The molecule has 1 aromatic heterocycles. The number of carbonyl (C=O) groups excluding carboxylic acids is 2. The normalized spacial score (nSPS) is 20.2. The molecule has 1 N–H and O–H groups in total. The summed E-state index contributed by atoms with van der Waals surface area (Å²) >= 11 is 0. The Bertz CT molecular complexity index is 625. The number of carbonyl (C=O) groups is 2. The van der Waals surface area contributed by atoms with Gasteiger partial charge in [-0.25, -0.2) is 9.59 Å². The van der Waals surface area contributed by atoms with Crippen molar-refractivity contribution in [3.63, 3.8) is 0 Å². The summed E-state index contributed by atoms with van der Waals surface area (Å²) in [6, 6.07) is -0.621. The minimum atomic E-state index is -0.632. The number of hydrogen-bond donors (Lipinski definition) is 1. The highest BCUT2D eigenvalue weighted by Crippen LogP contribution is 2.31. The lowest BCUT2D eigenvalue weighted by molar-refractivity contribution is 0.00908. The third-order valence-corrected chi connectivity index (χ3v) is 4.44. The molecule has 0 radical (unpaired) electrons. The summed E-state index contributed by atoms with van der Waals surface area (Å²) in [5.74, 6) is 0.895. The van der Waals surface area contributed by atoms with Crippen LogP contribution < -0.4 is 5.32 Å². The summed E-state index contributed by atoms with van der Waals surface area (Å²) in [5.41, 5.74) is -0.581. The fourth-order valence-corrected chi connectivity index (χ4v) is 2.87. The predicted octanol–water partition coefficient (Wildman–Crippen LogP) is 1.03. The molecule has 1 spiro atoms. The van der Waals surface area contributed by atoms with Gasteiger partial charge in [0.25, 0.3) is 0 Å². The number of rotatable bonds is 5. The molecule has 2 amide bonds. The van der Waals surface area contributed by atoms with E-state index in [1.165, 1.54) is 0 Å². The van der Waals surface area contributed by atoms with Crippen LogP contribution in [0, 0.1) is 0 Å². The first kappa shape index (κ1) is 17.5. The van der Waals surface area contributed by atoms with Gasteiger partial charge in [-0.3, -0.25) is 0 Å². The van der Waals surface area contributed by atoms with E-state index in [0.717, 1.165) is 0 Å². The maximum Gasteiger partial charge on any atom is 0.509 e. The molecule has 10 nitrogen and oxygen atoms in total. The highest BCUT2D eigenvalue weighted by atomic mass is 16.8. The molecule has 2 fully saturated rings. The molecule has 2 aliphatic heterocycles. The van der Waals surface area contributed by atoms with Crippen LogP contribution in [0.25, 0.3) is 0 Å². The molecule has 3 rings (SSSR count). The maximum absolute atomic E-state index is 12.4. The highest BCUT2D eigenvalue weighted by molar-refractivity contribution is 5.74. The SMILES string of the molecule is COCCc1noc([C@H](C)NC(=O)N2CCC3(CC2)COC(=O)O3)n1. The van der Waals surface area contributed by atoms with Crippen LogP contribution in [0.1, 0.15) is 37.5 Å². The molecular formula is C15H22N4O6. The van der Waals surface area contributed by atoms with Crippen LogP contribution in [0.4, 0.5) is 9.59 Å². The first-order valence-corrected chi connectivity index (χ1v) is 8.24. The Labute approximate surface area is 144 Å². The monoisotopic (exact) mass is 354 g/mol. The van der Waals surface area contributed by atoms with Crippen molar-refractivity contribution in [2.45, 2.75) is 37.8 Å². The minimum absolute atomic E-state index is 0.218. The van der Waals surface area contributed by atoms with Crippen molar-refractivity contribution >= 4 is 12.2 Å². The van der Waals surface area contributed by atoms with Crippen molar-refractivity contribution in [1.82, 2.24) is 20.4 Å². The number of hydrogen-bond acceptors (Lipinski definition) is 8. The fraction of sp³-hybridized carbons (Fsp3) is 0.733. The summed E-state index contributed by atoms with van der Waals surface area (Å²) in [4.78, 5) is 29.5. The number of cyclic esters (lactones) is 1. The lowest BCUT2D eigenvalue weighted by Crippen LogP contribution is -2.51. The van der Waals surface area contributed by atoms with Gasteiger partial charge in [-0.05, 0) is 6.92 Å². The first-order chi connectivity index (χ1) is 12.0. The molecule has 10 heteroatoms. The van der Waals surface area contributed by atoms with Crippen LogP contribution >= 0.6 is 0 Å². The number of methoxy groups -OCH3 is 1. The summed E-state index contributed by atoms with van der Waals surface area (Å²) in [5, 5.41) is 6.70. The summed E-state index contributed by atoms with van der Waals surface area (Å²) < 4.78 is 20.3. The van der Waals surface area contributed by atoms with Gasteiger partial charge in [0.1, 0.15) is 12.6 Å². The molecule has 0 bridgehead atoms. The summed E-state index contributed by atoms with van der Waals surface area (Å²) in [7, 11) is 1.60. The largest absolute Gasteiger partial charge is 0.509 e. The van der Waals surface area contributed by atoms with E-state index in [2.05, 4.69) is 15.5 Å². The average molecular weight is 354 g/mol. The molecule has 25 heavy (non-hydrogen) atoms. The molecule has 0 aliphatic carbocycles. The quantitative estimate of drug-likeness (QED) is 0.780. The predicted molar refractivity (Wildman–Crippen MR) is 82.8 cm³/mol. The molecule has 1 aromatic rings. The zero-order chi connectivity index (χ0) is 17.9. The number of amides is 2. The molecular weight excluding hydrogens is 332 g/mol. The van der Waals surface area contributed by atoms with Crippen molar-refractivity contribution < 1.29 is 28.3 Å². The van der Waals surface area contributed by atoms with Gasteiger partial charge >= 0.3 is 12.2 Å². The minimum Gasteiger partial charge on any atom is -0.430 e. The van der Waals surface area contributed by atoms with Gasteiger partial charge < -0.3 is 29.0 Å². The first-order valence-electron chi connectivity index (χ1n) is 8.24. The zero-order valence-corrected chi connectivity index (χ0v) is 14.3. The summed E-state index contributed by atoms with van der Waals surface area (Å²) in [6.07, 6.45) is 1.03. The van der Waals surface area contributed by atoms with Crippen molar-refractivity contribution in [2.75, 3.05) is 33.4 Å². The second-order valence-electron chi connectivity index (χ2n) is 6.27. The number of piperidine rings is 1. The Kier molecular flexibility index (Phi) is 5.07. The van der Waals surface area contributed by atoms with E-state index in [1.807, 2.05) is 0 Å². The van der Waals surface area contributed by atoms with Gasteiger partial charge in [-0.2, -0.15) is 4.98 Å². The van der Waals surface area contributed by atoms with Crippen molar-refractivity contribution in [3.05, 3.63) is 11.7 Å². The number of aromatic nitrogens is 2. The zero-order valence-electron chi connectivity index (χ0n) is 14.3. The van der Waals surface area contributed by atoms with Gasteiger partial charge in [0, 0.05) is 39.5 Å². The van der Waals surface area contributed by atoms with Crippen LogP contribution in [0.5, 0.6) is 0 Å². The third kappa shape index (κ3) is 4.01. The second kappa shape index (κ2) is 7.26. The van der Waals surface area contributed by atoms with E-state index < -0.39 is 17.8 Å². The van der Waals surface area contributed by atoms with E-state index in [-0.39, 0.29) is 12.6 Å². The van der Waals surface area contributed by atoms with Crippen LogP contribution in [-0.4, -0.2) is 66.2 Å². The average Bonchev–Trinajstić information content (AvgIpc) is 3.21. The van der Waals surface area contributed by atoms with Crippen LogP contribution in [0.2, 0.25) is 0 Å². The van der Waals surface area contributed by atoms with Gasteiger partial charge in [-0.1, -0.05) is 5.16 Å². The van der Waals surface area contributed by atoms with E-state index >= 15 is 0 Å². The lowest BCUT2D eigenvalue weighted by atomic mass is 9.92. The molecule has 3 heterocycles. The van der Waals surface area contributed by atoms with Crippen LogP contribution in [0.15, 0.2) is 4.52 Å². The Morgan fingerprint density at radius 3 is 2.84 bits per heavy atom. The van der Waals surface area contributed by atoms with Crippen molar-refractivity contribution in [3.8, 4) is 0 Å². The number of likely N-dealkylation sites (tertiary alicyclic amines) is 1. The van der Waals surface area contributed by atoms with E-state index in [0.29, 0.717) is 50.7 Å². The molecule has 1 atom stereocenters. The van der Waals surface area contributed by atoms with Gasteiger partial charge in [0.2, 0.25) is 5.89 Å². The molecule has 2 saturated heterocycles. The molecule has 0 aromatic carbocycles. The van der Waals surface area contributed by atoms with E-state index in [1.54, 1.807) is 18.9 Å². The van der Waals surface area contributed by atoms with Crippen LogP contribution in [-0.2, 0) is 20.6 Å². The highest BCUT2D eigenvalue weighted by Gasteiger charge is 2.45. The molecule has 0 saturated carbocycles. The third-order valence-electron chi connectivity index (χ3n) is 4.44. The topological polar surface area (TPSA) is 116 Å².